The third-order valence-electron chi connectivity index (χ3n) is 3.41. The molecule has 1 N–H and O–H groups in total. The molecule has 1 saturated heterocycles. The van der Waals surface area contributed by atoms with Crippen molar-refractivity contribution in [2.75, 3.05) is 11.4 Å². The van der Waals surface area contributed by atoms with Crippen LogP contribution in [0.15, 0.2) is 12.3 Å². The van der Waals surface area contributed by atoms with Crippen molar-refractivity contribution in [1.29, 1.82) is 0 Å². The second-order valence-electron chi connectivity index (χ2n) is 4.55. The molecule has 0 spiro atoms. The van der Waals surface area contributed by atoms with Gasteiger partial charge in [-0.15, -0.1) is 0 Å². The molecule has 2 heterocycles. The SMILES string of the molecule is CCC1CCCN1c1cc(C)ncc1C(=O)O. The topological polar surface area (TPSA) is 53.4 Å². The number of nitrogens with zero attached hydrogens (tertiary/aromatic N) is 2. The van der Waals surface area contributed by atoms with Crippen molar-refractivity contribution in [1.82, 2.24) is 4.98 Å². The highest BCUT2D eigenvalue weighted by Gasteiger charge is 2.26. The number of rotatable bonds is 3. The molecule has 0 radical (unpaired) electrons. The number of pyridine rings is 1. The predicted molar refractivity (Wildman–Crippen MR) is 66.6 cm³/mol. The van der Waals surface area contributed by atoms with Crippen LogP contribution in [0.5, 0.6) is 0 Å². The molecule has 92 valence electrons. The summed E-state index contributed by atoms with van der Waals surface area (Å²) in [5.41, 5.74) is 2.01. The van der Waals surface area contributed by atoms with Gasteiger partial charge in [0.15, 0.2) is 0 Å². The van der Waals surface area contributed by atoms with Crippen LogP contribution in [0.3, 0.4) is 0 Å². The largest absolute Gasteiger partial charge is 0.478 e. The average molecular weight is 234 g/mol. The minimum absolute atomic E-state index is 0.316. The fraction of sp³-hybridized carbons (Fsp3) is 0.538. The average Bonchev–Trinajstić information content (AvgIpc) is 2.76. The molecule has 1 aliphatic heterocycles. The Morgan fingerprint density at radius 3 is 3.06 bits per heavy atom. The lowest BCUT2D eigenvalue weighted by Gasteiger charge is -2.27. The van der Waals surface area contributed by atoms with Gasteiger partial charge in [0, 0.05) is 24.5 Å². The number of aromatic nitrogens is 1. The Morgan fingerprint density at radius 2 is 2.41 bits per heavy atom. The van der Waals surface area contributed by atoms with E-state index in [9.17, 15) is 9.90 Å². The quantitative estimate of drug-likeness (QED) is 0.872. The molecule has 1 aliphatic rings. The third kappa shape index (κ3) is 2.25. The monoisotopic (exact) mass is 234 g/mol. The van der Waals surface area contributed by atoms with Crippen molar-refractivity contribution >= 4 is 11.7 Å². The summed E-state index contributed by atoms with van der Waals surface area (Å²) in [7, 11) is 0. The molecular weight excluding hydrogens is 216 g/mol. The van der Waals surface area contributed by atoms with Crippen molar-refractivity contribution in [2.24, 2.45) is 0 Å². The summed E-state index contributed by atoms with van der Waals surface area (Å²) < 4.78 is 0. The number of anilines is 1. The molecular formula is C13H18N2O2. The molecule has 4 heteroatoms. The fourth-order valence-electron chi connectivity index (χ4n) is 2.53. The van der Waals surface area contributed by atoms with Gasteiger partial charge in [-0.05, 0) is 32.3 Å². The molecule has 4 nitrogen and oxygen atoms in total. The normalized spacial score (nSPS) is 19.6. The van der Waals surface area contributed by atoms with Gasteiger partial charge in [0.25, 0.3) is 0 Å². The zero-order valence-electron chi connectivity index (χ0n) is 10.3. The van der Waals surface area contributed by atoms with Crippen molar-refractivity contribution in [3.63, 3.8) is 0 Å². The van der Waals surface area contributed by atoms with Crippen LogP contribution < -0.4 is 4.90 Å². The van der Waals surface area contributed by atoms with Crippen LogP contribution >= 0.6 is 0 Å². The molecule has 0 aliphatic carbocycles. The standard InChI is InChI=1S/C13H18N2O2/c1-3-10-5-4-6-15(10)12-7-9(2)14-8-11(12)13(16)17/h7-8,10H,3-6H2,1-2H3,(H,16,17). The molecule has 1 aromatic rings. The maximum Gasteiger partial charge on any atom is 0.339 e. The van der Waals surface area contributed by atoms with E-state index >= 15 is 0 Å². The molecule has 1 fully saturated rings. The highest BCUT2D eigenvalue weighted by atomic mass is 16.4. The first-order valence-electron chi connectivity index (χ1n) is 6.10. The highest BCUT2D eigenvalue weighted by Crippen LogP contribution is 2.30. The Morgan fingerprint density at radius 1 is 1.65 bits per heavy atom. The number of aryl methyl sites for hydroxylation is 1. The zero-order valence-corrected chi connectivity index (χ0v) is 10.3. The Kier molecular flexibility index (Phi) is 3.31. The zero-order chi connectivity index (χ0) is 12.4. The number of carboxylic acid groups (broad SMARTS) is 1. The number of carboxylic acids is 1. The van der Waals surface area contributed by atoms with E-state index < -0.39 is 5.97 Å². The van der Waals surface area contributed by atoms with Gasteiger partial charge in [0.2, 0.25) is 0 Å². The summed E-state index contributed by atoms with van der Waals surface area (Å²) in [5.74, 6) is -0.894. The van der Waals surface area contributed by atoms with E-state index in [2.05, 4.69) is 16.8 Å². The summed E-state index contributed by atoms with van der Waals surface area (Å²) in [6, 6.07) is 2.35. The van der Waals surface area contributed by atoms with Crippen molar-refractivity contribution in [2.45, 2.75) is 39.2 Å². The molecule has 1 atom stereocenters. The second kappa shape index (κ2) is 4.73. The number of aromatic carboxylic acids is 1. The van der Waals surface area contributed by atoms with Crippen molar-refractivity contribution in [3.8, 4) is 0 Å². The summed E-state index contributed by atoms with van der Waals surface area (Å²) >= 11 is 0. The molecule has 1 unspecified atom stereocenters. The van der Waals surface area contributed by atoms with Crippen molar-refractivity contribution in [3.05, 3.63) is 23.5 Å². The Hall–Kier alpha value is -1.58. The maximum atomic E-state index is 11.2. The van der Waals surface area contributed by atoms with E-state index in [0.717, 1.165) is 37.2 Å². The van der Waals surface area contributed by atoms with E-state index in [1.165, 1.54) is 6.20 Å². The predicted octanol–water partition coefficient (Wildman–Crippen LogP) is 2.47. The highest BCUT2D eigenvalue weighted by molar-refractivity contribution is 5.94. The molecule has 0 amide bonds. The van der Waals surface area contributed by atoms with Gasteiger partial charge in [0.1, 0.15) is 5.56 Å². The van der Waals surface area contributed by atoms with E-state index in [0.29, 0.717) is 11.6 Å². The van der Waals surface area contributed by atoms with Gasteiger partial charge in [-0.1, -0.05) is 6.92 Å². The first kappa shape index (κ1) is 11.9. The first-order valence-corrected chi connectivity index (χ1v) is 6.10. The van der Waals surface area contributed by atoms with Gasteiger partial charge in [-0.3, -0.25) is 4.98 Å². The van der Waals surface area contributed by atoms with Crippen LogP contribution in [0, 0.1) is 6.92 Å². The van der Waals surface area contributed by atoms with E-state index in [4.69, 9.17) is 0 Å². The van der Waals surface area contributed by atoms with E-state index in [1.807, 2.05) is 13.0 Å². The van der Waals surface area contributed by atoms with E-state index in [1.54, 1.807) is 0 Å². The van der Waals surface area contributed by atoms with E-state index in [-0.39, 0.29) is 0 Å². The van der Waals surface area contributed by atoms with Gasteiger partial charge in [0.05, 0.1) is 5.69 Å². The van der Waals surface area contributed by atoms with Gasteiger partial charge in [-0.25, -0.2) is 4.79 Å². The molecule has 0 saturated carbocycles. The minimum atomic E-state index is -0.894. The Labute approximate surface area is 101 Å². The molecule has 1 aromatic heterocycles. The lowest BCUT2D eigenvalue weighted by atomic mass is 10.1. The minimum Gasteiger partial charge on any atom is -0.478 e. The molecule has 0 aromatic carbocycles. The van der Waals surface area contributed by atoms with Gasteiger partial charge in [-0.2, -0.15) is 0 Å². The molecule has 17 heavy (non-hydrogen) atoms. The van der Waals surface area contributed by atoms with Crippen molar-refractivity contribution < 1.29 is 9.90 Å². The second-order valence-corrected chi connectivity index (χ2v) is 4.55. The lowest BCUT2D eigenvalue weighted by Crippen LogP contribution is -2.30. The van der Waals surface area contributed by atoms with Crippen LogP contribution in [0.2, 0.25) is 0 Å². The fourth-order valence-corrected chi connectivity index (χ4v) is 2.53. The Balaban J connectivity index is 2.42. The maximum absolute atomic E-state index is 11.2. The van der Waals surface area contributed by atoms with Crippen LogP contribution in [-0.2, 0) is 0 Å². The smallest absolute Gasteiger partial charge is 0.339 e. The molecule has 0 bridgehead atoms. The third-order valence-corrected chi connectivity index (χ3v) is 3.41. The van der Waals surface area contributed by atoms with Crippen LogP contribution in [0.4, 0.5) is 5.69 Å². The van der Waals surface area contributed by atoms with Crippen LogP contribution in [0.25, 0.3) is 0 Å². The Bertz CT molecular complexity index is 431. The van der Waals surface area contributed by atoms with Crippen LogP contribution in [-0.4, -0.2) is 28.6 Å². The first-order chi connectivity index (χ1) is 8.13. The summed E-state index contributed by atoms with van der Waals surface area (Å²) in [5, 5.41) is 9.21. The summed E-state index contributed by atoms with van der Waals surface area (Å²) in [6.45, 7) is 4.99. The van der Waals surface area contributed by atoms with Gasteiger partial charge < -0.3 is 10.0 Å². The molecule has 2 rings (SSSR count). The summed E-state index contributed by atoms with van der Waals surface area (Å²) in [6.07, 6.45) is 4.81. The van der Waals surface area contributed by atoms with Gasteiger partial charge >= 0.3 is 5.97 Å². The number of hydrogen-bond donors (Lipinski definition) is 1. The van der Waals surface area contributed by atoms with Crippen LogP contribution in [0.1, 0.15) is 42.2 Å². The number of carbonyl (C=O) groups is 1. The lowest BCUT2D eigenvalue weighted by molar-refractivity contribution is 0.0697. The number of hydrogen-bond acceptors (Lipinski definition) is 3. The summed E-state index contributed by atoms with van der Waals surface area (Å²) in [4.78, 5) is 17.5.